The summed E-state index contributed by atoms with van der Waals surface area (Å²) < 4.78 is 2.41. The first-order valence-electron chi connectivity index (χ1n) is 0.999. The minimum absolute atomic E-state index is 0. The summed E-state index contributed by atoms with van der Waals surface area (Å²) >= 11 is 0. The first kappa shape index (κ1) is 22.7. The summed E-state index contributed by atoms with van der Waals surface area (Å²) in [5.41, 5.74) is 0. The fourth-order valence-corrected chi connectivity index (χ4v) is 0. The molecule has 0 aromatic rings. The number of rotatable bonds is 1. The molecule has 0 aromatic carbocycles. The summed E-state index contributed by atoms with van der Waals surface area (Å²) in [5, 5.41) is 7.03. The first-order chi connectivity index (χ1) is 2.56. The maximum Gasteiger partial charge on any atom is 1.00 e. The van der Waals surface area contributed by atoms with Crippen LogP contribution in [0.15, 0.2) is 0 Å². The van der Waals surface area contributed by atoms with E-state index in [0.29, 0.717) is 0 Å². The van der Waals surface area contributed by atoms with Gasteiger partial charge in [-0.2, -0.15) is 0 Å². The second kappa shape index (κ2) is 11.0. The van der Waals surface area contributed by atoms with Crippen LogP contribution in [0.25, 0.3) is 0 Å². The van der Waals surface area contributed by atoms with Crippen LogP contribution < -0.4 is 103 Å². The van der Waals surface area contributed by atoms with E-state index in [1.807, 2.05) is 0 Å². The molecule has 9 heavy (non-hydrogen) atoms. The van der Waals surface area contributed by atoms with Crippen LogP contribution in [0.3, 0.4) is 0 Å². The van der Waals surface area contributed by atoms with Crippen LogP contribution in [0.5, 0.6) is 0 Å². The van der Waals surface area contributed by atoms with Crippen molar-refractivity contribution in [3.05, 3.63) is 0 Å². The summed E-state index contributed by atoms with van der Waals surface area (Å²) in [6.45, 7) is 0. The van der Waals surface area contributed by atoms with E-state index in [0.717, 1.165) is 0 Å². The van der Waals surface area contributed by atoms with Gasteiger partial charge in [0.25, 0.3) is 0 Å². The van der Waals surface area contributed by atoms with Gasteiger partial charge in [0.1, 0.15) is 0 Å². The molecule has 0 radical (unpaired) electrons. The van der Waals surface area contributed by atoms with Crippen molar-refractivity contribution in [3.63, 3.8) is 0 Å². The quantitative estimate of drug-likeness (QED) is 0.244. The van der Waals surface area contributed by atoms with E-state index in [1.54, 1.807) is 0 Å². The molecule has 0 unspecified atom stereocenters. The molecule has 0 saturated heterocycles. The molecule has 0 rings (SSSR count). The molecule has 0 aliphatic rings. The standard InChI is InChI=1S/3Na.HO5Si/c;;;1-5-6(2,3)4/h;;;1H/q3*+1;-3. The largest absolute Gasteiger partial charge is 1.00 e. The maximum absolute atomic E-state index is 9.03. The zero-order valence-corrected chi connectivity index (χ0v) is 12.6. The zero-order chi connectivity index (χ0) is 5.21. The summed E-state index contributed by atoms with van der Waals surface area (Å²) in [6, 6.07) is 0. The van der Waals surface area contributed by atoms with Crippen LogP contribution in [0, 0.1) is 0 Å². The van der Waals surface area contributed by atoms with Crippen LogP contribution in [0.1, 0.15) is 0 Å². The Morgan fingerprint density at radius 1 is 1.00 bits per heavy atom. The van der Waals surface area contributed by atoms with Gasteiger partial charge in [0.2, 0.25) is 0 Å². The van der Waals surface area contributed by atoms with Gasteiger partial charge in [0.05, 0.1) is 0 Å². The van der Waals surface area contributed by atoms with Crippen LogP contribution >= 0.6 is 0 Å². The molecule has 0 aliphatic carbocycles. The predicted octanol–water partition coefficient (Wildman–Crippen LogP) is -13.0. The average Bonchev–Trinajstić information content (AvgIpc) is 1.35. The maximum atomic E-state index is 9.03. The average molecular weight is 178 g/mol. The summed E-state index contributed by atoms with van der Waals surface area (Å²) in [5.74, 6) is 0. The van der Waals surface area contributed by atoms with Gasteiger partial charge in [-0.3, -0.25) is 5.26 Å². The van der Waals surface area contributed by atoms with Crippen LogP contribution in [0.4, 0.5) is 0 Å². The van der Waals surface area contributed by atoms with Gasteiger partial charge in [-0.15, -0.1) is 0 Å². The molecule has 0 heterocycles. The Morgan fingerprint density at radius 2 is 1.11 bits per heavy atom. The smallest absolute Gasteiger partial charge is 0.859 e. The Morgan fingerprint density at radius 3 is 1.11 bits per heavy atom. The van der Waals surface area contributed by atoms with Gasteiger partial charge in [-0.25, -0.2) is 0 Å². The second-order valence-corrected chi connectivity index (χ2v) is 1.77. The Hall–Kier alpha value is 3.02. The summed E-state index contributed by atoms with van der Waals surface area (Å²) in [7, 11) is -5.33. The van der Waals surface area contributed by atoms with Crippen molar-refractivity contribution < 1.29 is 113 Å². The van der Waals surface area contributed by atoms with Crippen LogP contribution in [-0.2, 0) is 4.58 Å². The van der Waals surface area contributed by atoms with E-state index in [-0.39, 0.29) is 88.7 Å². The van der Waals surface area contributed by atoms with Crippen molar-refractivity contribution in [2.45, 2.75) is 0 Å². The number of hydrogen-bond donors (Lipinski definition) is 1. The van der Waals surface area contributed by atoms with Gasteiger partial charge in [-0.1, -0.05) is 9.05 Å². The molecular weight excluding hydrogens is 177 g/mol. The summed E-state index contributed by atoms with van der Waals surface area (Å²) in [6.07, 6.45) is 0. The molecule has 38 valence electrons. The topological polar surface area (TPSA) is 98.6 Å². The predicted molar refractivity (Wildman–Crippen MR) is 9.47 cm³/mol. The fraction of sp³-hybridized carbons (Fsp3) is 0. The van der Waals surface area contributed by atoms with Gasteiger partial charge in [0.15, 0.2) is 0 Å². The molecule has 5 nitrogen and oxygen atoms in total. The minimum atomic E-state index is -5.33. The molecule has 9 heteroatoms. The minimum Gasteiger partial charge on any atom is -0.859 e. The monoisotopic (exact) mass is 178 g/mol. The van der Waals surface area contributed by atoms with E-state index < -0.39 is 9.05 Å². The van der Waals surface area contributed by atoms with Gasteiger partial charge < -0.3 is 19.0 Å². The zero-order valence-electron chi connectivity index (χ0n) is 5.58. The molecule has 0 atom stereocenters. The van der Waals surface area contributed by atoms with E-state index in [1.165, 1.54) is 0 Å². The molecule has 0 amide bonds. The normalized spacial score (nSPS) is 8.00. The Balaban J connectivity index is -0.0000000417. The van der Waals surface area contributed by atoms with Crippen LogP contribution in [-0.4, -0.2) is 14.3 Å². The molecule has 0 bridgehead atoms. The molecule has 0 fully saturated rings. The van der Waals surface area contributed by atoms with Gasteiger partial charge in [0, 0.05) is 0 Å². The van der Waals surface area contributed by atoms with E-state index in [9.17, 15) is 0 Å². The molecule has 0 aromatic heterocycles. The SMILES string of the molecule is [Na+].[Na+].[Na+].[O-][Si]([O-])([O-])OO. The van der Waals surface area contributed by atoms with E-state index >= 15 is 0 Å². The van der Waals surface area contributed by atoms with Crippen molar-refractivity contribution in [3.8, 4) is 0 Å². The van der Waals surface area contributed by atoms with Crippen LogP contribution in [0.2, 0.25) is 0 Å². The third-order valence-electron chi connectivity index (χ3n) is 0.112. The Kier molecular flexibility index (Phi) is 27.8. The van der Waals surface area contributed by atoms with Crippen molar-refractivity contribution in [1.82, 2.24) is 0 Å². The number of hydrogen-bond acceptors (Lipinski definition) is 5. The Bertz CT molecular complexity index is 42.0. The fourth-order valence-electron chi connectivity index (χ4n) is 0. The molecular formula is HNa3O5Si. The van der Waals surface area contributed by atoms with Crippen molar-refractivity contribution in [1.29, 1.82) is 0 Å². The van der Waals surface area contributed by atoms with E-state index in [4.69, 9.17) is 19.6 Å². The third kappa shape index (κ3) is 24.7. The van der Waals surface area contributed by atoms with Gasteiger partial charge >= 0.3 is 88.7 Å². The molecule has 0 spiro atoms. The second-order valence-electron chi connectivity index (χ2n) is 0.591. The van der Waals surface area contributed by atoms with Crippen molar-refractivity contribution in [2.24, 2.45) is 0 Å². The first-order valence-corrected chi connectivity index (χ1v) is 2.63. The van der Waals surface area contributed by atoms with Crippen molar-refractivity contribution in [2.75, 3.05) is 0 Å². The third-order valence-corrected chi connectivity index (χ3v) is 0.335. The summed E-state index contributed by atoms with van der Waals surface area (Å²) in [4.78, 5) is 27.1. The molecule has 0 saturated carbocycles. The Labute approximate surface area is 120 Å². The molecule has 1 N–H and O–H groups in total. The molecule has 0 aliphatic heterocycles. The van der Waals surface area contributed by atoms with Gasteiger partial charge in [-0.05, 0) is 0 Å². The van der Waals surface area contributed by atoms with E-state index in [2.05, 4.69) is 4.58 Å². The van der Waals surface area contributed by atoms with Crippen molar-refractivity contribution >= 4 is 9.05 Å².